The van der Waals surface area contributed by atoms with Gasteiger partial charge in [0.2, 0.25) is 0 Å². The molecule has 2 aromatic carbocycles. The zero-order chi connectivity index (χ0) is 19.9. The Hall–Kier alpha value is -2.84. The maximum Gasteiger partial charge on any atom is 0.265 e. The summed E-state index contributed by atoms with van der Waals surface area (Å²) in [6, 6.07) is 10.6. The van der Waals surface area contributed by atoms with Crippen molar-refractivity contribution in [3.8, 4) is 17.0 Å². The summed E-state index contributed by atoms with van der Waals surface area (Å²) in [7, 11) is -2.38. The second-order valence-electron chi connectivity index (χ2n) is 6.46. The number of thiazole rings is 1. The molecule has 6 nitrogen and oxygen atoms in total. The molecule has 144 valence electrons. The van der Waals surface area contributed by atoms with E-state index in [2.05, 4.69) is 9.71 Å². The lowest BCUT2D eigenvalue weighted by atomic mass is 10.1. The zero-order valence-corrected chi connectivity index (χ0v) is 17.3. The number of imidazole rings is 1. The molecular weight excluding hydrogens is 394 g/mol. The van der Waals surface area contributed by atoms with Crippen LogP contribution in [0, 0.1) is 13.8 Å². The number of benzene rings is 2. The maximum absolute atomic E-state index is 13.1. The Morgan fingerprint density at radius 3 is 2.64 bits per heavy atom. The fourth-order valence-corrected chi connectivity index (χ4v) is 5.00. The Labute approximate surface area is 167 Å². The molecule has 0 unspecified atom stereocenters. The number of nitrogens with zero attached hydrogens (tertiary/aromatic N) is 2. The third-order valence-corrected chi connectivity index (χ3v) is 6.77. The molecule has 0 atom stereocenters. The van der Waals surface area contributed by atoms with Crippen LogP contribution in [0.15, 0.2) is 59.1 Å². The molecule has 0 radical (unpaired) electrons. The zero-order valence-electron chi connectivity index (χ0n) is 15.6. The van der Waals surface area contributed by atoms with Gasteiger partial charge in [0.15, 0.2) is 4.96 Å². The highest BCUT2D eigenvalue weighted by molar-refractivity contribution is 7.92. The monoisotopic (exact) mass is 413 g/mol. The van der Waals surface area contributed by atoms with E-state index in [0.29, 0.717) is 22.7 Å². The predicted octanol–water partition coefficient (Wildman–Crippen LogP) is 4.49. The quantitative estimate of drug-likeness (QED) is 0.523. The molecule has 4 rings (SSSR count). The van der Waals surface area contributed by atoms with Gasteiger partial charge in [0.05, 0.1) is 18.5 Å². The fraction of sp³-hybridized carbons (Fsp3) is 0.150. The van der Waals surface area contributed by atoms with E-state index >= 15 is 0 Å². The van der Waals surface area contributed by atoms with Gasteiger partial charge in [-0.3, -0.25) is 9.12 Å². The second-order valence-corrected chi connectivity index (χ2v) is 8.98. The largest absolute Gasteiger partial charge is 0.495 e. The normalized spacial score (nSPS) is 11.7. The smallest absolute Gasteiger partial charge is 0.265 e. The van der Waals surface area contributed by atoms with E-state index in [-0.39, 0.29) is 4.90 Å². The van der Waals surface area contributed by atoms with Crippen LogP contribution < -0.4 is 9.46 Å². The molecule has 2 aromatic heterocycles. The molecule has 1 N–H and O–H groups in total. The Morgan fingerprint density at radius 1 is 1.14 bits per heavy atom. The van der Waals surface area contributed by atoms with Gasteiger partial charge in [0.1, 0.15) is 10.6 Å². The Balaban J connectivity index is 1.77. The number of para-hydroxylation sites is 1. The number of nitrogens with one attached hydrogen (secondary N) is 1. The molecule has 0 aliphatic heterocycles. The third-order valence-electron chi connectivity index (χ3n) is 4.61. The van der Waals surface area contributed by atoms with E-state index in [0.717, 1.165) is 16.1 Å². The average molecular weight is 414 g/mol. The van der Waals surface area contributed by atoms with Crippen molar-refractivity contribution >= 4 is 32.0 Å². The molecule has 8 heteroatoms. The van der Waals surface area contributed by atoms with Crippen molar-refractivity contribution < 1.29 is 13.2 Å². The second kappa shape index (κ2) is 6.96. The van der Waals surface area contributed by atoms with Crippen LogP contribution in [0.3, 0.4) is 0 Å². The first kappa shape index (κ1) is 18.5. The molecule has 0 amide bonds. The number of rotatable bonds is 5. The number of aromatic nitrogens is 2. The van der Waals surface area contributed by atoms with Crippen LogP contribution in [0.2, 0.25) is 0 Å². The number of anilines is 1. The van der Waals surface area contributed by atoms with Gasteiger partial charge in [0.25, 0.3) is 10.0 Å². The van der Waals surface area contributed by atoms with Crippen molar-refractivity contribution in [3.63, 3.8) is 0 Å². The van der Waals surface area contributed by atoms with E-state index in [9.17, 15) is 8.42 Å². The van der Waals surface area contributed by atoms with E-state index in [1.165, 1.54) is 18.4 Å². The van der Waals surface area contributed by atoms with Gasteiger partial charge in [-0.1, -0.05) is 18.2 Å². The first-order valence-corrected chi connectivity index (χ1v) is 10.9. The molecule has 0 aliphatic carbocycles. The van der Waals surface area contributed by atoms with Gasteiger partial charge in [-0.25, -0.2) is 13.4 Å². The van der Waals surface area contributed by atoms with Crippen molar-refractivity contribution in [1.29, 1.82) is 0 Å². The van der Waals surface area contributed by atoms with Crippen LogP contribution in [0.4, 0.5) is 5.69 Å². The molecule has 0 spiro atoms. The molecule has 0 saturated carbocycles. The van der Waals surface area contributed by atoms with Gasteiger partial charge in [-0.15, -0.1) is 11.3 Å². The lowest BCUT2D eigenvalue weighted by molar-refractivity contribution is 0.402. The summed E-state index contributed by atoms with van der Waals surface area (Å²) in [6.45, 7) is 3.79. The molecule has 0 fully saturated rings. The number of hydrogen-bond donors (Lipinski definition) is 1. The summed E-state index contributed by atoms with van der Waals surface area (Å²) in [6.07, 6.45) is 3.80. The van der Waals surface area contributed by atoms with E-state index in [1.807, 2.05) is 48.2 Å². The molecule has 0 bridgehead atoms. The number of sulfonamides is 1. The number of fused-ring (bicyclic) bond motifs is 1. The summed E-state index contributed by atoms with van der Waals surface area (Å²) >= 11 is 1.52. The molecule has 4 aromatic rings. The van der Waals surface area contributed by atoms with Crippen LogP contribution in [0.5, 0.6) is 5.75 Å². The van der Waals surface area contributed by atoms with Crippen molar-refractivity contribution in [2.45, 2.75) is 18.7 Å². The van der Waals surface area contributed by atoms with Crippen LogP contribution >= 0.6 is 11.3 Å². The minimum absolute atomic E-state index is 0.110. The predicted molar refractivity (Wildman–Crippen MR) is 112 cm³/mol. The van der Waals surface area contributed by atoms with Gasteiger partial charge in [0, 0.05) is 23.3 Å². The summed E-state index contributed by atoms with van der Waals surface area (Å²) in [4.78, 5) is 5.55. The summed E-state index contributed by atoms with van der Waals surface area (Å²) < 4.78 is 36.2. The Bertz CT molecular complexity index is 1240. The number of methoxy groups -OCH3 is 1. The number of aryl methyl sites for hydroxylation is 2. The van der Waals surface area contributed by atoms with Crippen LogP contribution in [0.1, 0.15) is 11.1 Å². The van der Waals surface area contributed by atoms with Gasteiger partial charge < -0.3 is 4.74 Å². The molecule has 28 heavy (non-hydrogen) atoms. The summed E-state index contributed by atoms with van der Waals surface area (Å²) in [5.74, 6) is 0.315. The molecular formula is C20H19N3O3S2. The van der Waals surface area contributed by atoms with Crippen molar-refractivity contribution in [2.24, 2.45) is 0 Å². The number of hydrogen-bond acceptors (Lipinski definition) is 5. The topological polar surface area (TPSA) is 72.7 Å². The summed E-state index contributed by atoms with van der Waals surface area (Å²) in [5, 5.41) is 1.95. The van der Waals surface area contributed by atoms with Crippen molar-refractivity contribution in [2.75, 3.05) is 11.8 Å². The van der Waals surface area contributed by atoms with Gasteiger partial charge >= 0.3 is 0 Å². The van der Waals surface area contributed by atoms with Crippen molar-refractivity contribution in [3.05, 3.63) is 65.3 Å². The standard InChI is InChI=1S/C20H19N3O3S2/c1-13-10-18(26-3)19(11-14(13)2)28(24,25)22-16-7-5-4-6-15(16)17-12-23-8-9-27-20(23)21-17/h4-12,22H,1-3H3. The molecule has 2 heterocycles. The minimum atomic E-state index is -3.85. The minimum Gasteiger partial charge on any atom is -0.495 e. The third kappa shape index (κ3) is 3.25. The van der Waals surface area contributed by atoms with Gasteiger partial charge in [-0.2, -0.15) is 0 Å². The summed E-state index contributed by atoms with van der Waals surface area (Å²) in [5.41, 5.74) is 3.73. The molecule has 0 saturated heterocycles. The highest BCUT2D eigenvalue weighted by atomic mass is 32.2. The fourth-order valence-electron chi connectivity index (χ4n) is 2.99. The highest BCUT2D eigenvalue weighted by Gasteiger charge is 2.22. The maximum atomic E-state index is 13.1. The lowest BCUT2D eigenvalue weighted by Crippen LogP contribution is -2.15. The highest BCUT2D eigenvalue weighted by Crippen LogP contribution is 2.33. The number of ether oxygens (including phenoxy) is 1. The van der Waals surface area contributed by atoms with Crippen LogP contribution in [0.25, 0.3) is 16.2 Å². The van der Waals surface area contributed by atoms with Crippen LogP contribution in [-0.2, 0) is 10.0 Å². The van der Waals surface area contributed by atoms with Crippen molar-refractivity contribution in [1.82, 2.24) is 9.38 Å². The average Bonchev–Trinajstić information content (AvgIpc) is 3.25. The van der Waals surface area contributed by atoms with E-state index in [4.69, 9.17) is 4.74 Å². The first-order valence-electron chi connectivity index (χ1n) is 8.59. The van der Waals surface area contributed by atoms with E-state index in [1.54, 1.807) is 24.3 Å². The Morgan fingerprint density at radius 2 is 1.89 bits per heavy atom. The lowest BCUT2D eigenvalue weighted by Gasteiger charge is -2.15. The Kier molecular flexibility index (Phi) is 4.60. The van der Waals surface area contributed by atoms with Gasteiger partial charge in [-0.05, 0) is 43.2 Å². The first-order chi connectivity index (χ1) is 13.4. The van der Waals surface area contributed by atoms with E-state index < -0.39 is 10.0 Å². The molecule has 0 aliphatic rings. The van der Waals surface area contributed by atoms with Crippen LogP contribution in [-0.4, -0.2) is 24.9 Å². The SMILES string of the molecule is COc1cc(C)c(C)cc1S(=O)(=O)Nc1ccccc1-c1cn2ccsc2n1.